The highest BCUT2D eigenvalue weighted by molar-refractivity contribution is 5.85. The Hall–Kier alpha value is -1.06. The van der Waals surface area contributed by atoms with Crippen LogP contribution >= 0.6 is 0 Å². The van der Waals surface area contributed by atoms with Crippen molar-refractivity contribution in [3.05, 3.63) is 0 Å². The first-order valence-corrected chi connectivity index (χ1v) is 7.54. The van der Waals surface area contributed by atoms with E-state index in [1.807, 2.05) is 0 Å². The molecule has 0 aromatic rings. The second-order valence-electron chi connectivity index (χ2n) is 6.42. The summed E-state index contributed by atoms with van der Waals surface area (Å²) in [6, 6.07) is 0.262. The molecule has 2 rings (SSSR count). The number of amides is 1. The fraction of sp³-hybridized carbons (Fsp3) is 0.867. The summed E-state index contributed by atoms with van der Waals surface area (Å²) in [4.78, 5) is 23.6. The molecule has 0 aromatic carbocycles. The third-order valence-electron chi connectivity index (χ3n) is 4.93. The number of carboxylic acids is 1. The molecule has 2 saturated carbocycles. The van der Waals surface area contributed by atoms with Gasteiger partial charge in [-0.25, -0.2) is 0 Å². The van der Waals surface area contributed by atoms with Crippen LogP contribution < -0.4 is 5.32 Å². The Morgan fingerprint density at radius 1 is 1.16 bits per heavy atom. The van der Waals surface area contributed by atoms with Gasteiger partial charge in [-0.3, -0.25) is 9.59 Å². The number of carbonyl (C=O) groups excluding carboxylic acids is 1. The molecule has 0 radical (unpaired) electrons. The molecule has 4 nitrogen and oxygen atoms in total. The van der Waals surface area contributed by atoms with Crippen LogP contribution in [0.3, 0.4) is 0 Å². The molecular formula is C15H25NO3. The van der Waals surface area contributed by atoms with Crippen molar-refractivity contribution in [1.82, 2.24) is 5.32 Å². The predicted octanol–water partition coefficient (Wildman–Crippen LogP) is 2.43. The summed E-state index contributed by atoms with van der Waals surface area (Å²) in [5, 5.41) is 12.3. The Morgan fingerprint density at radius 2 is 1.84 bits per heavy atom. The van der Waals surface area contributed by atoms with Crippen molar-refractivity contribution in [3.63, 3.8) is 0 Å². The molecule has 4 heteroatoms. The molecule has 2 aliphatic rings. The maximum atomic E-state index is 12.3. The lowest BCUT2D eigenvalue weighted by atomic mass is 9.95. The minimum absolute atomic E-state index is 0.0255. The van der Waals surface area contributed by atoms with Crippen LogP contribution in [0.2, 0.25) is 0 Å². The lowest BCUT2D eigenvalue weighted by Gasteiger charge is -2.19. The zero-order valence-corrected chi connectivity index (χ0v) is 11.9. The van der Waals surface area contributed by atoms with E-state index in [0.717, 1.165) is 32.1 Å². The number of carbonyl (C=O) groups is 2. The van der Waals surface area contributed by atoms with E-state index in [2.05, 4.69) is 19.2 Å². The quantitative estimate of drug-likeness (QED) is 0.822. The van der Waals surface area contributed by atoms with Crippen LogP contribution in [0.25, 0.3) is 0 Å². The first-order chi connectivity index (χ1) is 9.01. The molecule has 0 spiro atoms. The molecule has 19 heavy (non-hydrogen) atoms. The number of rotatable bonds is 4. The third-order valence-corrected chi connectivity index (χ3v) is 4.93. The second kappa shape index (κ2) is 5.93. The lowest BCUT2D eigenvalue weighted by Crippen LogP contribution is -2.40. The maximum absolute atomic E-state index is 12.3. The van der Waals surface area contributed by atoms with Gasteiger partial charge < -0.3 is 10.4 Å². The first kappa shape index (κ1) is 14.4. The van der Waals surface area contributed by atoms with Crippen molar-refractivity contribution in [2.24, 2.45) is 23.7 Å². The average Bonchev–Trinajstić information content (AvgIpc) is 2.95. The van der Waals surface area contributed by atoms with Gasteiger partial charge in [0.1, 0.15) is 0 Å². The van der Waals surface area contributed by atoms with Gasteiger partial charge in [-0.2, -0.15) is 0 Å². The first-order valence-electron chi connectivity index (χ1n) is 7.54. The van der Waals surface area contributed by atoms with Gasteiger partial charge in [0.25, 0.3) is 0 Å². The molecule has 2 N–H and O–H groups in total. The summed E-state index contributed by atoms with van der Waals surface area (Å²) in [6.07, 6.45) is 5.60. The summed E-state index contributed by atoms with van der Waals surface area (Å²) in [6.45, 7) is 4.28. The molecule has 108 valence electrons. The molecule has 2 fully saturated rings. The molecule has 0 aliphatic heterocycles. The third kappa shape index (κ3) is 3.28. The highest BCUT2D eigenvalue weighted by atomic mass is 16.4. The summed E-state index contributed by atoms with van der Waals surface area (Å²) >= 11 is 0. The van der Waals surface area contributed by atoms with E-state index in [1.54, 1.807) is 0 Å². The van der Waals surface area contributed by atoms with Crippen molar-refractivity contribution >= 4 is 11.9 Å². The van der Waals surface area contributed by atoms with E-state index >= 15 is 0 Å². The molecule has 0 heterocycles. The fourth-order valence-electron chi connectivity index (χ4n) is 3.69. The summed E-state index contributed by atoms with van der Waals surface area (Å²) < 4.78 is 0. The standard InChI is InChI=1S/C15H25NO3/c1-3-10-7-12(13(8-10)15(18)19)14(17)16-11-5-4-9(2)6-11/h9-13H,3-8H2,1-2H3,(H,16,17)(H,18,19)/t9?,10?,11?,12-,13+/m0/s1. The molecule has 1 amide bonds. The molecular weight excluding hydrogens is 242 g/mol. The average molecular weight is 267 g/mol. The number of hydrogen-bond donors (Lipinski definition) is 2. The Labute approximate surface area is 115 Å². The van der Waals surface area contributed by atoms with Crippen molar-refractivity contribution in [1.29, 1.82) is 0 Å². The van der Waals surface area contributed by atoms with Crippen molar-refractivity contribution in [3.8, 4) is 0 Å². The van der Waals surface area contributed by atoms with E-state index in [0.29, 0.717) is 18.3 Å². The largest absolute Gasteiger partial charge is 0.481 e. The van der Waals surface area contributed by atoms with Crippen LogP contribution in [-0.4, -0.2) is 23.0 Å². The van der Waals surface area contributed by atoms with Crippen LogP contribution in [0, 0.1) is 23.7 Å². The van der Waals surface area contributed by atoms with Crippen molar-refractivity contribution < 1.29 is 14.7 Å². The minimum Gasteiger partial charge on any atom is -0.481 e. The Balaban J connectivity index is 1.94. The van der Waals surface area contributed by atoms with Gasteiger partial charge in [-0.1, -0.05) is 20.3 Å². The van der Waals surface area contributed by atoms with Gasteiger partial charge in [0, 0.05) is 6.04 Å². The molecule has 0 saturated heterocycles. The maximum Gasteiger partial charge on any atom is 0.307 e. The van der Waals surface area contributed by atoms with E-state index in [-0.39, 0.29) is 17.9 Å². The predicted molar refractivity (Wildman–Crippen MR) is 72.6 cm³/mol. The van der Waals surface area contributed by atoms with E-state index in [9.17, 15) is 14.7 Å². The number of carboxylic acid groups (broad SMARTS) is 1. The molecule has 0 bridgehead atoms. The second-order valence-corrected chi connectivity index (χ2v) is 6.42. The van der Waals surface area contributed by atoms with Crippen LogP contribution in [0.15, 0.2) is 0 Å². The van der Waals surface area contributed by atoms with Crippen LogP contribution in [0.4, 0.5) is 0 Å². The minimum atomic E-state index is -0.809. The SMILES string of the molecule is CCC1C[C@H](C(=O)NC2CCC(C)C2)[C@H](C(=O)O)C1. The number of hydrogen-bond acceptors (Lipinski definition) is 2. The number of nitrogens with one attached hydrogen (secondary N) is 1. The fourth-order valence-corrected chi connectivity index (χ4v) is 3.69. The van der Waals surface area contributed by atoms with Gasteiger partial charge in [0.15, 0.2) is 0 Å². The smallest absolute Gasteiger partial charge is 0.307 e. The van der Waals surface area contributed by atoms with E-state index in [1.165, 1.54) is 0 Å². The molecule has 5 atom stereocenters. The zero-order valence-electron chi connectivity index (χ0n) is 11.9. The van der Waals surface area contributed by atoms with Gasteiger partial charge in [0.05, 0.1) is 11.8 Å². The molecule has 2 aliphatic carbocycles. The van der Waals surface area contributed by atoms with Crippen LogP contribution in [-0.2, 0) is 9.59 Å². The van der Waals surface area contributed by atoms with E-state index < -0.39 is 11.9 Å². The lowest BCUT2D eigenvalue weighted by molar-refractivity contribution is -0.146. The van der Waals surface area contributed by atoms with Gasteiger partial charge in [-0.15, -0.1) is 0 Å². The Bertz CT molecular complexity index is 355. The van der Waals surface area contributed by atoms with Crippen LogP contribution in [0.1, 0.15) is 52.4 Å². The van der Waals surface area contributed by atoms with Crippen LogP contribution in [0.5, 0.6) is 0 Å². The topological polar surface area (TPSA) is 66.4 Å². The highest BCUT2D eigenvalue weighted by Crippen LogP contribution is 2.39. The summed E-state index contributed by atoms with van der Waals surface area (Å²) in [7, 11) is 0. The van der Waals surface area contributed by atoms with Gasteiger partial charge in [0.2, 0.25) is 5.91 Å². The van der Waals surface area contributed by atoms with Gasteiger partial charge in [-0.05, 0) is 43.9 Å². The van der Waals surface area contributed by atoms with Gasteiger partial charge >= 0.3 is 5.97 Å². The zero-order chi connectivity index (χ0) is 14.0. The Morgan fingerprint density at radius 3 is 2.37 bits per heavy atom. The highest BCUT2D eigenvalue weighted by Gasteiger charge is 2.42. The van der Waals surface area contributed by atoms with Crippen molar-refractivity contribution in [2.45, 2.75) is 58.4 Å². The molecule has 0 aromatic heterocycles. The Kier molecular flexibility index (Phi) is 4.48. The van der Waals surface area contributed by atoms with E-state index in [4.69, 9.17) is 0 Å². The monoisotopic (exact) mass is 267 g/mol. The van der Waals surface area contributed by atoms with Crippen molar-refractivity contribution in [2.75, 3.05) is 0 Å². The summed E-state index contributed by atoms with van der Waals surface area (Å²) in [5.74, 6) is -0.577. The number of aliphatic carboxylic acids is 1. The summed E-state index contributed by atoms with van der Waals surface area (Å²) in [5.41, 5.74) is 0. The molecule has 3 unspecified atom stereocenters. The normalized spacial score (nSPS) is 38.3.